The number of amides is 1. The van der Waals surface area contributed by atoms with Gasteiger partial charge in [0.25, 0.3) is 5.91 Å². The molecule has 30 heavy (non-hydrogen) atoms. The zero-order chi connectivity index (χ0) is 20.9. The first-order valence-corrected chi connectivity index (χ1v) is 9.25. The Labute approximate surface area is 173 Å². The van der Waals surface area contributed by atoms with Gasteiger partial charge in [0.05, 0.1) is 31.6 Å². The topological polar surface area (TPSA) is 82.8 Å². The first kappa shape index (κ1) is 19.3. The number of ether oxygens (including phenoxy) is 3. The minimum absolute atomic E-state index is 0.193. The van der Waals surface area contributed by atoms with Crippen LogP contribution in [0.3, 0.4) is 0 Å². The van der Waals surface area contributed by atoms with Gasteiger partial charge in [-0.1, -0.05) is 0 Å². The molecule has 4 rings (SSSR count). The predicted molar refractivity (Wildman–Crippen MR) is 112 cm³/mol. The summed E-state index contributed by atoms with van der Waals surface area (Å²) in [7, 11) is 3.21. The van der Waals surface area contributed by atoms with Crippen LogP contribution >= 0.6 is 0 Å². The third kappa shape index (κ3) is 4.35. The summed E-state index contributed by atoms with van der Waals surface area (Å²) >= 11 is 0. The van der Waals surface area contributed by atoms with E-state index in [4.69, 9.17) is 18.6 Å². The van der Waals surface area contributed by atoms with E-state index >= 15 is 0 Å². The fraction of sp³-hybridized carbons (Fsp3) is 0.130. The summed E-state index contributed by atoms with van der Waals surface area (Å²) in [5.74, 6) is 2.53. The molecule has 152 valence electrons. The fourth-order valence-electron chi connectivity index (χ4n) is 2.89. The second-order valence-corrected chi connectivity index (χ2v) is 6.47. The Hall–Kier alpha value is -4.00. The summed E-state index contributed by atoms with van der Waals surface area (Å²) < 4.78 is 21.6. The van der Waals surface area contributed by atoms with E-state index in [0.29, 0.717) is 17.2 Å². The number of fused-ring (bicyclic) bond motifs is 1. The quantitative estimate of drug-likeness (QED) is 0.482. The Bertz CT molecular complexity index is 1170. The number of furan rings is 1. The lowest BCUT2D eigenvalue weighted by molar-refractivity contribution is 0.0992. The minimum Gasteiger partial charge on any atom is -0.497 e. The average molecular weight is 404 g/mol. The standard InChI is InChI=1S/C23H20N2O5/c1-27-17-5-7-18(8-6-17)29-14-20-9-10-22(30-20)23(26)25-16-11-15-3-4-19(28-2)12-21(15)24-13-16/h3-13H,14H2,1-2H3,(H,25,26). The normalized spacial score (nSPS) is 10.6. The summed E-state index contributed by atoms with van der Waals surface area (Å²) in [6, 6.07) is 18.0. The molecule has 0 aliphatic carbocycles. The smallest absolute Gasteiger partial charge is 0.291 e. The van der Waals surface area contributed by atoms with Crippen LogP contribution in [0.25, 0.3) is 10.9 Å². The van der Waals surface area contributed by atoms with Crippen LogP contribution in [0.2, 0.25) is 0 Å². The van der Waals surface area contributed by atoms with Crippen molar-refractivity contribution in [2.45, 2.75) is 6.61 Å². The lowest BCUT2D eigenvalue weighted by Crippen LogP contribution is -2.11. The van der Waals surface area contributed by atoms with Gasteiger partial charge in [-0.15, -0.1) is 0 Å². The maximum Gasteiger partial charge on any atom is 0.291 e. The second-order valence-electron chi connectivity index (χ2n) is 6.47. The number of carbonyl (C=O) groups is 1. The molecule has 0 radical (unpaired) electrons. The Morgan fingerprint density at radius 3 is 2.43 bits per heavy atom. The van der Waals surface area contributed by atoms with Gasteiger partial charge in [0, 0.05) is 11.5 Å². The second kappa shape index (κ2) is 8.57. The number of aromatic nitrogens is 1. The lowest BCUT2D eigenvalue weighted by Gasteiger charge is -2.06. The molecule has 0 fully saturated rings. The summed E-state index contributed by atoms with van der Waals surface area (Å²) in [5, 5.41) is 3.69. The Morgan fingerprint density at radius 1 is 0.933 bits per heavy atom. The van der Waals surface area contributed by atoms with Crippen molar-refractivity contribution in [2.75, 3.05) is 19.5 Å². The first-order valence-electron chi connectivity index (χ1n) is 9.25. The monoisotopic (exact) mass is 404 g/mol. The van der Waals surface area contributed by atoms with Crippen LogP contribution in [0, 0.1) is 0 Å². The number of rotatable bonds is 7. The van der Waals surface area contributed by atoms with Crippen molar-refractivity contribution in [1.82, 2.24) is 4.98 Å². The summed E-state index contributed by atoms with van der Waals surface area (Å²) in [5.41, 5.74) is 1.36. The van der Waals surface area contributed by atoms with Crippen LogP contribution in [0.4, 0.5) is 5.69 Å². The highest BCUT2D eigenvalue weighted by atomic mass is 16.5. The molecule has 0 spiro atoms. The zero-order valence-electron chi connectivity index (χ0n) is 16.5. The van der Waals surface area contributed by atoms with Crippen LogP contribution in [-0.2, 0) is 6.61 Å². The molecule has 7 nitrogen and oxygen atoms in total. The lowest BCUT2D eigenvalue weighted by atomic mass is 10.2. The summed E-state index contributed by atoms with van der Waals surface area (Å²) in [6.45, 7) is 0.207. The number of carbonyl (C=O) groups excluding carboxylic acids is 1. The minimum atomic E-state index is -0.361. The number of hydrogen-bond donors (Lipinski definition) is 1. The number of hydrogen-bond acceptors (Lipinski definition) is 6. The van der Waals surface area contributed by atoms with Crippen molar-refractivity contribution in [3.63, 3.8) is 0 Å². The molecule has 0 aliphatic heterocycles. The molecule has 0 saturated carbocycles. The third-order valence-corrected chi connectivity index (χ3v) is 4.48. The Kier molecular flexibility index (Phi) is 5.52. The third-order valence-electron chi connectivity index (χ3n) is 4.48. The molecular formula is C23H20N2O5. The maximum atomic E-state index is 12.5. The van der Waals surface area contributed by atoms with Crippen molar-refractivity contribution >= 4 is 22.5 Å². The Balaban J connectivity index is 1.39. The van der Waals surface area contributed by atoms with Gasteiger partial charge in [0.15, 0.2) is 5.76 Å². The van der Waals surface area contributed by atoms with Gasteiger partial charge < -0.3 is 23.9 Å². The van der Waals surface area contributed by atoms with Crippen LogP contribution in [0.15, 0.2) is 71.3 Å². The van der Waals surface area contributed by atoms with Crippen molar-refractivity contribution in [1.29, 1.82) is 0 Å². The van der Waals surface area contributed by atoms with Crippen molar-refractivity contribution in [3.8, 4) is 17.2 Å². The predicted octanol–water partition coefficient (Wildman–Crippen LogP) is 4.68. The molecule has 0 saturated heterocycles. The Morgan fingerprint density at radius 2 is 1.67 bits per heavy atom. The van der Waals surface area contributed by atoms with Crippen molar-refractivity contribution in [2.24, 2.45) is 0 Å². The number of methoxy groups -OCH3 is 2. The van der Waals surface area contributed by atoms with Crippen molar-refractivity contribution < 1.29 is 23.4 Å². The average Bonchev–Trinajstić information content (AvgIpc) is 3.27. The van der Waals surface area contributed by atoms with Gasteiger partial charge >= 0.3 is 0 Å². The first-order chi connectivity index (χ1) is 14.6. The molecule has 4 aromatic rings. The molecule has 2 heterocycles. The highest BCUT2D eigenvalue weighted by Crippen LogP contribution is 2.22. The van der Waals surface area contributed by atoms with Crippen LogP contribution in [0.1, 0.15) is 16.3 Å². The van der Waals surface area contributed by atoms with Gasteiger partial charge in [0.2, 0.25) is 0 Å². The van der Waals surface area contributed by atoms with E-state index in [9.17, 15) is 4.79 Å². The molecule has 2 aromatic carbocycles. The number of pyridine rings is 1. The van der Waals surface area contributed by atoms with Crippen LogP contribution in [-0.4, -0.2) is 25.1 Å². The van der Waals surface area contributed by atoms with Gasteiger partial charge in [0.1, 0.15) is 29.6 Å². The maximum absolute atomic E-state index is 12.5. The molecule has 2 aromatic heterocycles. The van der Waals surface area contributed by atoms with E-state index in [1.165, 1.54) is 0 Å². The highest BCUT2D eigenvalue weighted by molar-refractivity contribution is 6.03. The van der Waals surface area contributed by atoms with Crippen molar-refractivity contribution in [3.05, 3.63) is 78.4 Å². The van der Waals surface area contributed by atoms with E-state index in [2.05, 4.69) is 10.3 Å². The van der Waals surface area contributed by atoms with E-state index in [-0.39, 0.29) is 18.3 Å². The van der Waals surface area contributed by atoms with Crippen LogP contribution < -0.4 is 19.5 Å². The molecular weight excluding hydrogens is 384 g/mol. The molecule has 0 aliphatic rings. The van der Waals surface area contributed by atoms with Gasteiger partial charge in [-0.2, -0.15) is 0 Å². The number of nitrogens with one attached hydrogen (secondary N) is 1. The van der Waals surface area contributed by atoms with Gasteiger partial charge in [-0.25, -0.2) is 0 Å². The van der Waals surface area contributed by atoms with E-state index < -0.39 is 0 Å². The van der Waals surface area contributed by atoms with Gasteiger partial charge in [-0.05, 0) is 54.6 Å². The van der Waals surface area contributed by atoms with Crippen LogP contribution in [0.5, 0.6) is 17.2 Å². The summed E-state index contributed by atoms with van der Waals surface area (Å²) in [4.78, 5) is 16.9. The van der Waals surface area contributed by atoms with E-state index in [0.717, 1.165) is 22.4 Å². The van der Waals surface area contributed by atoms with Gasteiger partial charge in [-0.3, -0.25) is 9.78 Å². The molecule has 1 amide bonds. The summed E-state index contributed by atoms with van der Waals surface area (Å²) in [6.07, 6.45) is 1.59. The van der Waals surface area contributed by atoms with E-state index in [1.807, 2.05) is 36.4 Å². The molecule has 0 unspecified atom stereocenters. The number of nitrogens with zero attached hydrogens (tertiary/aromatic N) is 1. The number of benzene rings is 2. The van der Waals surface area contributed by atoms with E-state index in [1.54, 1.807) is 44.7 Å². The molecule has 0 bridgehead atoms. The fourth-order valence-corrected chi connectivity index (χ4v) is 2.89. The largest absolute Gasteiger partial charge is 0.497 e. The SMILES string of the molecule is COc1ccc(OCc2ccc(C(=O)Nc3cnc4cc(OC)ccc4c3)o2)cc1. The molecule has 1 N–H and O–H groups in total. The molecule has 0 atom stereocenters. The zero-order valence-corrected chi connectivity index (χ0v) is 16.5. The highest BCUT2D eigenvalue weighted by Gasteiger charge is 2.13. The molecule has 7 heteroatoms. The number of anilines is 1.